The van der Waals surface area contributed by atoms with Gasteiger partial charge in [0.05, 0.1) is 6.20 Å². The van der Waals surface area contributed by atoms with Crippen LogP contribution in [0.1, 0.15) is 12.8 Å². The van der Waals surface area contributed by atoms with E-state index in [2.05, 4.69) is 4.98 Å². The summed E-state index contributed by atoms with van der Waals surface area (Å²) in [6, 6.07) is 3.36. The van der Waals surface area contributed by atoms with E-state index in [-0.39, 0.29) is 12.5 Å². The fourth-order valence-corrected chi connectivity index (χ4v) is 2.39. The van der Waals surface area contributed by atoms with Gasteiger partial charge in [-0.2, -0.15) is 13.2 Å². The minimum Gasteiger partial charge on any atom is -0.482 e. The molecule has 1 aliphatic heterocycles. The Morgan fingerprint density at radius 1 is 1.33 bits per heavy atom. The molecule has 0 atom stereocenters. The van der Waals surface area contributed by atoms with Crippen molar-refractivity contribution in [1.82, 2.24) is 15.2 Å². The highest BCUT2D eigenvalue weighted by Gasteiger charge is 2.31. The number of amides is 2. The Morgan fingerprint density at radius 3 is 2.62 bits per heavy atom. The third-order valence-electron chi connectivity index (χ3n) is 3.68. The van der Waals surface area contributed by atoms with Gasteiger partial charge in [-0.1, -0.05) is 0 Å². The molecule has 0 saturated carbocycles. The van der Waals surface area contributed by atoms with Crippen molar-refractivity contribution in [3.63, 3.8) is 0 Å². The first-order valence-corrected chi connectivity index (χ1v) is 7.50. The van der Waals surface area contributed by atoms with Crippen LogP contribution in [0.25, 0.3) is 0 Å². The topological polar surface area (TPSA) is 71.5 Å². The summed E-state index contributed by atoms with van der Waals surface area (Å²) in [7, 11) is 0. The highest BCUT2D eigenvalue weighted by atomic mass is 19.4. The normalized spacial score (nSPS) is 15.9. The Labute approximate surface area is 137 Å². The lowest BCUT2D eigenvalue weighted by Gasteiger charge is -2.31. The second-order valence-electron chi connectivity index (χ2n) is 5.47. The van der Waals surface area contributed by atoms with Crippen LogP contribution in [0.5, 0.6) is 5.75 Å². The van der Waals surface area contributed by atoms with Crippen LogP contribution in [0, 0.1) is 5.92 Å². The van der Waals surface area contributed by atoms with Gasteiger partial charge in [-0.05, 0) is 25.0 Å². The zero-order chi connectivity index (χ0) is 17.6. The second-order valence-corrected chi connectivity index (χ2v) is 5.47. The molecule has 0 unspecified atom stereocenters. The molecule has 2 heterocycles. The zero-order valence-corrected chi connectivity index (χ0v) is 12.9. The van der Waals surface area contributed by atoms with Crippen LogP contribution in [0.4, 0.5) is 13.2 Å². The van der Waals surface area contributed by atoms with E-state index in [1.807, 2.05) is 5.32 Å². The number of aromatic nitrogens is 1. The number of hydrogen-bond donors (Lipinski definition) is 1. The van der Waals surface area contributed by atoms with Crippen molar-refractivity contribution < 1.29 is 27.5 Å². The van der Waals surface area contributed by atoms with Gasteiger partial charge >= 0.3 is 6.18 Å². The third-order valence-corrected chi connectivity index (χ3v) is 3.68. The molecule has 0 spiro atoms. The van der Waals surface area contributed by atoms with Crippen LogP contribution >= 0.6 is 0 Å². The molecule has 1 aliphatic rings. The molecular formula is C15H18F3N3O3. The van der Waals surface area contributed by atoms with Gasteiger partial charge in [0.25, 0.3) is 5.91 Å². The zero-order valence-electron chi connectivity index (χ0n) is 12.9. The van der Waals surface area contributed by atoms with Crippen LogP contribution in [-0.4, -0.2) is 54.1 Å². The van der Waals surface area contributed by atoms with E-state index in [0.717, 1.165) is 0 Å². The van der Waals surface area contributed by atoms with Gasteiger partial charge in [-0.15, -0.1) is 0 Å². The number of carbonyl (C=O) groups is 2. The maximum Gasteiger partial charge on any atom is 0.405 e. The number of nitrogens with one attached hydrogen (secondary N) is 1. The Hall–Kier alpha value is -2.32. The molecule has 0 bridgehead atoms. The molecule has 2 amide bonds. The lowest BCUT2D eigenvalue weighted by molar-refractivity contribution is -0.143. The van der Waals surface area contributed by atoms with Crippen LogP contribution in [0.3, 0.4) is 0 Å². The molecule has 1 fully saturated rings. The standard InChI is InChI=1S/C15H18F3N3O3/c16-15(17,18)10-20-14(23)11-3-6-21(7-4-11)13(22)9-24-12-2-1-5-19-8-12/h1-2,5,8,11H,3-4,6-7,9-10H2,(H,20,23). The van der Waals surface area contributed by atoms with Gasteiger partial charge in [0, 0.05) is 25.2 Å². The molecule has 0 aromatic carbocycles. The molecule has 24 heavy (non-hydrogen) atoms. The number of carbonyl (C=O) groups excluding carboxylic acids is 2. The summed E-state index contributed by atoms with van der Waals surface area (Å²) in [6.07, 6.45) is -0.672. The van der Waals surface area contributed by atoms with Crippen LogP contribution in [0.2, 0.25) is 0 Å². The van der Waals surface area contributed by atoms with Gasteiger partial charge < -0.3 is 15.0 Å². The number of hydrogen-bond acceptors (Lipinski definition) is 4. The van der Waals surface area contributed by atoms with Crippen LogP contribution in [0.15, 0.2) is 24.5 Å². The summed E-state index contributed by atoms with van der Waals surface area (Å²) in [5.41, 5.74) is 0. The van der Waals surface area contributed by atoms with Gasteiger partial charge in [0.1, 0.15) is 12.3 Å². The minimum atomic E-state index is -4.42. The van der Waals surface area contributed by atoms with E-state index in [0.29, 0.717) is 31.7 Å². The molecule has 0 aliphatic carbocycles. The van der Waals surface area contributed by atoms with E-state index in [1.54, 1.807) is 23.2 Å². The van der Waals surface area contributed by atoms with Gasteiger partial charge in [-0.25, -0.2) is 0 Å². The van der Waals surface area contributed by atoms with Crippen LogP contribution < -0.4 is 10.1 Å². The average molecular weight is 345 g/mol. The van der Waals surface area contributed by atoms with Crippen molar-refractivity contribution in [2.45, 2.75) is 19.0 Å². The van der Waals surface area contributed by atoms with Crippen LogP contribution in [-0.2, 0) is 9.59 Å². The number of halogens is 3. The smallest absolute Gasteiger partial charge is 0.405 e. The molecule has 0 radical (unpaired) electrons. The van der Waals surface area contributed by atoms with Crippen molar-refractivity contribution >= 4 is 11.8 Å². The maximum absolute atomic E-state index is 12.1. The summed E-state index contributed by atoms with van der Waals surface area (Å²) in [5, 5.41) is 1.88. The summed E-state index contributed by atoms with van der Waals surface area (Å²) >= 11 is 0. The number of pyridine rings is 1. The Kier molecular flexibility index (Phi) is 5.99. The first-order chi connectivity index (χ1) is 11.3. The molecule has 9 heteroatoms. The van der Waals surface area contributed by atoms with E-state index < -0.39 is 24.5 Å². The Balaban J connectivity index is 1.71. The number of ether oxygens (including phenoxy) is 1. The van der Waals surface area contributed by atoms with Crippen molar-refractivity contribution in [2.75, 3.05) is 26.2 Å². The molecule has 1 aromatic rings. The summed E-state index contributed by atoms with van der Waals surface area (Å²) in [6.45, 7) is -0.834. The predicted molar refractivity (Wildman–Crippen MR) is 78.1 cm³/mol. The molecule has 132 valence electrons. The first-order valence-electron chi connectivity index (χ1n) is 7.50. The second kappa shape index (κ2) is 7.98. The van der Waals surface area contributed by atoms with E-state index >= 15 is 0 Å². The third kappa shape index (κ3) is 5.71. The fraction of sp³-hybridized carbons (Fsp3) is 0.533. The fourth-order valence-electron chi connectivity index (χ4n) is 2.39. The lowest BCUT2D eigenvalue weighted by Crippen LogP contribution is -2.45. The molecule has 1 aromatic heterocycles. The Morgan fingerprint density at radius 2 is 2.04 bits per heavy atom. The highest BCUT2D eigenvalue weighted by molar-refractivity contribution is 5.80. The lowest BCUT2D eigenvalue weighted by atomic mass is 9.96. The number of piperidine rings is 1. The number of likely N-dealkylation sites (tertiary alicyclic amines) is 1. The molecule has 1 saturated heterocycles. The van der Waals surface area contributed by atoms with E-state index in [9.17, 15) is 22.8 Å². The molecular weight excluding hydrogens is 327 g/mol. The van der Waals surface area contributed by atoms with Gasteiger partial charge in [0.2, 0.25) is 5.91 Å². The number of alkyl halides is 3. The summed E-state index contributed by atoms with van der Waals surface area (Å²) in [4.78, 5) is 29.1. The highest BCUT2D eigenvalue weighted by Crippen LogP contribution is 2.19. The summed E-state index contributed by atoms with van der Waals surface area (Å²) in [5.74, 6) is -0.873. The Bertz CT molecular complexity index is 558. The number of nitrogens with zero attached hydrogens (tertiary/aromatic N) is 2. The van der Waals surface area contributed by atoms with E-state index in [4.69, 9.17) is 4.74 Å². The van der Waals surface area contributed by atoms with Gasteiger partial charge in [-0.3, -0.25) is 14.6 Å². The first kappa shape index (κ1) is 18.0. The molecule has 1 N–H and O–H groups in total. The quantitative estimate of drug-likeness (QED) is 0.875. The minimum absolute atomic E-state index is 0.142. The molecule has 6 nitrogen and oxygen atoms in total. The molecule has 2 rings (SSSR count). The monoisotopic (exact) mass is 345 g/mol. The average Bonchev–Trinajstić information content (AvgIpc) is 2.58. The van der Waals surface area contributed by atoms with Crippen molar-refractivity contribution in [3.05, 3.63) is 24.5 Å². The largest absolute Gasteiger partial charge is 0.482 e. The van der Waals surface area contributed by atoms with Crippen molar-refractivity contribution in [1.29, 1.82) is 0 Å². The number of rotatable bonds is 5. The predicted octanol–water partition coefficient (Wildman–Crippen LogP) is 1.38. The SMILES string of the molecule is O=C(NCC(F)(F)F)C1CCN(C(=O)COc2cccnc2)CC1. The van der Waals surface area contributed by atoms with Crippen molar-refractivity contribution in [3.8, 4) is 5.75 Å². The van der Waals surface area contributed by atoms with E-state index in [1.165, 1.54) is 6.20 Å². The van der Waals surface area contributed by atoms with Crippen molar-refractivity contribution in [2.24, 2.45) is 5.92 Å². The summed E-state index contributed by atoms with van der Waals surface area (Å²) < 4.78 is 41.6. The van der Waals surface area contributed by atoms with Gasteiger partial charge in [0.15, 0.2) is 6.61 Å². The maximum atomic E-state index is 12.1.